The van der Waals surface area contributed by atoms with Crippen LogP contribution in [0.15, 0.2) is 40.8 Å². The average Bonchev–Trinajstić information content (AvgIpc) is 2.88. The zero-order chi connectivity index (χ0) is 13.0. The smallest absolute Gasteiger partial charge is 0.309 e. The Balaban J connectivity index is 2.16. The molecule has 2 aromatic rings. The number of ether oxygens (including phenoxy) is 1. The van der Waals surface area contributed by atoms with Crippen molar-refractivity contribution < 1.29 is 18.7 Å². The lowest BCUT2D eigenvalue weighted by atomic mass is 10.1. The number of carbonyl (C=O) groups is 2. The largest absolute Gasteiger partial charge is 0.469 e. The summed E-state index contributed by atoms with van der Waals surface area (Å²) >= 11 is 0. The van der Waals surface area contributed by atoms with Crippen LogP contribution in [0, 0.1) is 0 Å². The summed E-state index contributed by atoms with van der Waals surface area (Å²) in [6.07, 6.45) is 0.906. The molecule has 2 rings (SSSR count). The second kappa shape index (κ2) is 5.31. The number of hydrogen-bond acceptors (Lipinski definition) is 4. The van der Waals surface area contributed by atoms with Crippen LogP contribution in [0.5, 0.6) is 0 Å². The lowest BCUT2D eigenvalue weighted by Gasteiger charge is -2.01. The van der Waals surface area contributed by atoms with E-state index in [1.807, 2.05) is 24.3 Å². The van der Waals surface area contributed by atoms with Crippen LogP contribution in [0.3, 0.4) is 0 Å². The Labute approximate surface area is 104 Å². The minimum Gasteiger partial charge on any atom is -0.469 e. The third-order valence-corrected chi connectivity index (χ3v) is 2.56. The molecule has 0 bridgehead atoms. The Bertz CT molecular complexity index is 551. The highest BCUT2D eigenvalue weighted by atomic mass is 16.5. The van der Waals surface area contributed by atoms with Crippen LogP contribution in [-0.4, -0.2) is 19.4 Å². The standard InChI is InChI=1S/C14H12O4/c1-17-14(16)8-10-2-4-11(5-3-10)13-7-6-12(9-15)18-13/h2-7,9H,8H2,1H3. The van der Waals surface area contributed by atoms with Gasteiger partial charge in [0.05, 0.1) is 13.5 Å². The van der Waals surface area contributed by atoms with E-state index in [1.54, 1.807) is 12.1 Å². The summed E-state index contributed by atoms with van der Waals surface area (Å²) in [5.41, 5.74) is 1.73. The monoisotopic (exact) mass is 244 g/mol. The van der Waals surface area contributed by atoms with Gasteiger partial charge in [0.2, 0.25) is 0 Å². The topological polar surface area (TPSA) is 56.5 Å². The van der Waals surface area contributed by atoms with E-state index in [-0.39, 0.29) is 12.4 Å². The predicted molar refractivity (Wildman–Crippen MR) is 65.3 cm³/mol. The number of aldehydes is 1. The van der Waals surface area contributed by atoms with Crippen molar-refractivity contribution in [3.8, 4) is 11.3 Å². The van der Waals surface area contributed by atoms with E-state index in [9.17, 15) is 9.59 Å². The third-order valence-electron chi connectivity index (χ3n) is 2.56. The van der Waals surface area contributed by atoms with Crippen molar-refractivity contribution in [2.45, 2.75) is 6.42 Å². The van der Waals surface area contributed by atoms with E-state index in [1.165, 1.54) is 7.11 Å². The molecule has 0 saturated heterocycles. The van der Waals surface area contributed by atoms with Gasteiger partial charge in [-0.1, -0.05) is 24.3 Å². The fourth-order valence-corrected chi connectivity index (χ4v) is 1.60. The van der Waals surface area contributed by atoms with E-state index in [0.29, 0.717) is 17.8 Å². The first-order valence-corrected chi connectivity index (χ1v) is 5.44. The number of furan rings is 1. The minimum atomic E-state index is -0.274. The molecule has 4 heteroatoms. The van der Waals surface area contributed by atoms with E-state index < -0.39 is 0 Å². The molecule has 0 atom stereocenters. The molecule has 0 radical (unpaired) electrons. The Kier molecular flexibility index (Phi) is 3.57. The maximum atomic E-state index is 11.1. The van der Waals surface area contributed by atoms with Crippen LogP contribution in [0.4, 0.5) is 0 Å². The zero-order valence-corrected chi connectivity index (χ0v) is 9.88. The number of methoxy groups -OCH3 is 1. The molecule has 0 saturated carbocycles. The molecule has 0 N–H and O–H groups in total. The molecule has 0 fully saturated rings. The normalized spacial score (nSPS) is 10.1. The van der Waals surface area contributed by atoms with Gasteiger partial charge in [-0.2, -0.15) is 0 Å². The molecule has 92 valence electrons. The molecule has 1 aromatic heterocycles. The van der Waals surface area contributed by atoms with Gasteiger partial charge in [-0.3, -0.25) is 9.59 Å². The molecule has 1 aromatic carbocycles. The lowest BCUT2D eigenvalue weighted by Crippen LogP contribution is -2.03. The van der Waals surface area contributed by atoms with Crippen LogP contribution in [0.25, 0.3) is 11.3 Å². The predicted octanol–water partition coefficient (Wildman–Crippen LogP) is 2.47. The fourth-order valence-electron chi connectivity index (χ4n) is 1.60. The molecule has 0 aliphatic rings. The van der Waals surface area contributed by atoms with Gasteiger partial charge in [0.25, 0.3) is 0 Å². The van der Waals surface area contributed by atoms with Crippen molar-refractivity contribution in [3.63, 3.8) is 0 Å². The first kappa shape index (κ1) is 12.1. The quantitative estimate of drug-likeness (QED) is 0.612. The number of esters is 1. The van der Waals surface area contributed by atoms with Crippen LogP contribution < -0.4 is 0 Å². The number of rotatable bonds is 4. The number of carbonyl (C=O) groups excluding carboxylic acids is 2. The van der Waals surface area contributed by atoms with E-state index in [2.05, 4.69) is 4.74 Å². The first-order chi connectivity index (χ1) is 8.72. The molecule has 0 aliphatic carbocycles. The highest BCUT2D eigenvalue weighted by molar-refractivity contribution is 5.74. The Morgan fingerprint density at radius 2 is 1.94 bits per heavy atom. The van der Waals surface area contributed by atoms with Crippen molar-refractivity contribution in [2.24, 2.45) is 0 Å². The highest BCUT2D eigenvalue weighted by Crippen LogP contribution is 2.22. The van der Waals surface area contributed by atoms with Crippen LogP contribution >= 0.6 is 0 Å². The molecule has 0 amide bonds. The molecular weight excluding hydrogens is 232 g/mol. The lowest BCUT2D eigenvalue weighted by molar-refractivity contribution is -0.139. The van der Waals surface area contributed by atoms with Crippen LogP contribution in [0.1, 0.15) is 16.1 Å². The summed E-state index contributed by atoms with van der Waals surface area (Å²) in [5, 5.41) is 0. The van der Waals surface area contributed by atoms with Crippen LogP contribution in [0.2, 0.25) is 0 Å². The highest BCUT2D eigenvalue weighted by Gasteiger charge is 2.06. The summed E-state index contributed by atoms with van der Waals surface area (Å²) in [6, 6.07) is 10.7. The van der Waals surface area contributed by atoms with Gasteiger partial charge in [0.1, 0.15) is 5.76 Å². The van der Waals surface area contributed by atoms with Crippen molar-refractivity contribution >= 4 is 12.3 Å². The Hall–Kier alpha value is -2.36. The second-order valence-corrected chi connectivity index (χ2v) is 3.77. The maximum Gasteiger partial charge on any atom is 0.309 e. The molecule has 18 heavy (non-hydrogen) atoms. The fraction of sp³-hybridized carbons (Fsp3) is 0.143. The van der Waals surface area contributed by atoms with E-state index >= 15 is 0 Å². The molecule has 0 unspecified atom stereocenters. The van der Waals surface area contributed by atoms with Gasteiger partial charge >= 0.3 is 5.97 Å². The first-order valence-electron chi connectivity index (χ1n) is 5.44. The van der Waals surface area contributed by atoms with Crippen molar-refractivity contribution in [2.75, 3.05) is 7.11 Å². The minimum absolute atomic E-state index is 0.245. The summed E-state index contributed by atoms with van der Waals surface area (Å²) in [5.74, 6) is 0.648. The van der Waals surface area contributed by atoms with Gasteiger partial charge in [-0.15, -0.1) is 0 Å². The van der Waals surface area contributed by atoms with Gasteiger partial charge in [0.15, 0.2) is 12.0 Å². The summed E-state index contributed by atoms with van der Waals surface area (Å²) < 4.78 is 9.89. The summed E-state index contributed by atoms with van der Waals surface area (Å²) in [7, 11) is 1.36. The van der Waals surface area contributed by atoms with Crippen LogP contribution in [-0.2, 0) is 16.0 Å². The molecule has 1 heterocycles. The van der Waals surface area contributed by atoms with E-state index in [4.69, 9.17) is 4.42 Å². The number of hydrogen-bond donors (Lipinski definition) is 0. The second-order valence-electron chi connectivity index (χ2n) is 3.77. The van der Waals surface area contributed by atoms with Crippen molar-refractivity contribution in [1.82, 2.24) is 0 Å². The Morgan fingerprint density at radius 3 is 2.50 bits per heavy atom. The summed E-state index contributed by atoms with van der Waals surface area (Å²) in [6.45, 7) is 0. The number of benzene rings is 1. The maximum absolute atomic E-state index is 11.1. The average molecular weight is 244 g/mol. The third kappa shape index (κ3) is 2.66. The van der Waals surface area contributed by atoms with Gasteiger partial charge in [-0.25, -0.2) is 0 Å². The molecular formula is C14H12O4. The SMILES string of the molecule is COC(=O)Cc1ccc(-c2ccc(C=O)o2)cc1. The van der Waals surface area contributed by atoms with Crippen molar-refractivity contribution in [1.29, 1.82) is 0 Å². The van der Waals surface area contributed by atoms with Gasteiger partial charge in [0, 0.05) is 5.56 Å². The Morgan fingerprint density at radius 1 is 1.22 bits per heavy atom. The van der Waals surface area contributed by atoms with Gasteiger partial charge in [-0.05, 0) is 17.7 Å². The van der Waals surface area contributed by atoms with Crippen molar-refractivity contribution in [3.05, 3.63) is 47.7 Å². The van der Waals surface area contributed by atoms with E-state index in [0.717, 1.165) is 11.1 Å². The van der Waals surface area contributed by atoms with Gasteiger partial charge < -0.3 is 9.15 Å². The molecule has 0 spiro atoms. The summed E-state index contributed by atoms with van der Waals surface area (Å²) in [4.78, 5) is 21.6. The molecule has 4 nitrogen and oxygen atoms in total. The molecule has 0 aliphatic heterocycles. The zero-order valence-electron chi connectivity index (χ0n) is 9.88.